The minimum Gasteiger partial charge on any atom is -0.306 e. The Balaban J connectivity index is 2.72. The molecule has 0 atom stereocenters. The zero-order chi connectivity index (χ0) is 15.6. The lowest BCUT2D eigenvalue weighted by atomic mass is 9.85. The topological polar surface area (TPSA) is 86.2 Å². The van der Waals surface area contributed by atoms with E-state index in [9.17, 15) is 9.59 Å². The molecule has 4 heteroatoms. The summed E-state index contributed by atoms with van der Waals surface area (Å²) in [6.07, 6.45) is 0. The minimum atomic E-state index is -1.34. The Hall–Kier alpha value is -2.30. The number of carbonyl (C=O) groups excluding carboxylic acids is 2. The Morgan fingerprint density at radius 3 is 2.00 bits per heavy atom. The van der Waals surface area contributed by atoms with Crippen LogP contribution in [0, 0.1) is 0 Å². The van der Waals surface area contributed by atoms with Gasteiger partial charge in [0.2, 0.25) is 0 Å². The maximum Gasteiger partial charge on any atom is 0.160 e. The average molecular weight is 282 g/mol. The second-order valence-corrected chi connectivity index (χ2v) is 5.08. The van der Waals surface area contributed by atoms with Crippen LogP contribution in [0.3, 0.4) is 0 Å². The van der Waals surface area contributed by atoms with Gasteiger partial charge in [0.15, 0.2) is 11.6 Å². The molecule has 0 aromatic heterocycles. The molecule has 2 aromatic rings. The Bertz CT molecular complexity index is 691. The van der Waals surface area contributed by atoms with E-state index in [1.807, 2.05) is 18.2 Å². The third kappa shape index (κ3) is 2.77. The number of Topliss-reactive ketones (excluding diaryl/α,β-unsaturated/α-hetero) is 2. The highest BCUT2D eigenvalue weighted by Gasteiger charge is 2.30. The molecule has 0 fully saturated rings. The molecule has 0 radical (unpaired) electrons. The Kier molecular flexibility index (Phi) is 4.02. The van der Waals surface area contributed by atoms with Crippen LogP contribution in [0.25, 0.3) is 0 Å². The molecular formula is C17H18N2O2. The van der Waals surface area contributed by atoms with Crippen molar-refractivity contribution >= 4 is 11.6 Å². The van der Waals surface area contributed by atoms with Gasteiger partial charge in [-0.2, -0.15) is 0 Å². The van der Waals surface area contributed by atoms with Crippen LogP contribution in [0.15, 0.2) is 48.5 Å². The van der Waals surface area contributed by atoms with Crippen LogP contribution < -0.4 is 11.5 Å². The normalized spacial score (nSPS) is 11.2. The Labute approximate surface area is 123 Å². The standard InChI is InChI=1S/C17H18N2O2/c1-11(20)14-9-6-10-15(16(14)12(2)21)17(18,19)13-7-4-3-5-8-13/h3-10H,18-19H2,1-2H3. The number of hydrogen-bond acceptors (Lipinski definition) is 4. The van der Waals surface area contributed by atoms with Crippen molar-refractivity contribution < 1.29 is 9.59 Å². The van der Waals surface area contributed by atoms with Crippen molar-refractivity contribution in [3.05, 3.63) is 70.8 Å². The first kappa shape index (κ1) is 15.1. The van der Waals surface area contributed by atoms with Gasteiger partial charge in [0.1, 0.15) is 5.66 Å². The summed E-state index contributed by atoms with van der Waals surface area (Å²) in [5.74, 6) is -0.419. The smallest absolute Gasteiger partial charge is 0.160 e. The quantitative estimate of drug-likeness (QED) is 0.665. The number of carbonyl (C=O) groups is 2. The van der Waals surface area contributed by atoms with Crippen LogP contribution in [0.2, 0.25) is 0 Å². The zero-order valence-corrected chi connectivity index (χ0v) is 12.1. The van der Waals surface area contributed by atoms with Crippen LogP contribution in [0.4, 0.5) is 0 Å². The van der Waals surface area contributed by atoms with E-state index in [-0.39, 0.29) is 11.6 Å². The fourth-order valence-electron chi connectivity index (χ4n) is 2.44. The number of nitrogens with two attached hydrogens (primary N) is 2. The molecule has 0 aliphatic carbocycles. The molecule has 0 heterocycles. The van der Waals surface area contributed by atoms with Crippen LogP contribution >= 0.6 is 0 Å². The van der Waals surface area contributed by atoms with E-state index in [4.69, 9.17) is 11.5 Å². The summed E-state index contributed by atoms with van der Waals surface area (Å²) < 4.78 is 0. The van der Waals surface area contributed by atoms with Gasteiger partial charge in [0.05, 0.1) is 0 Å². The monoisotopic (exact) mass is 282 g/mol. The molecule has 0 amide bonds. The van der Waals surface area contributed by atoms with Crippen LogP contribution in [0.5, 0.6) is 0 Å². The van der Waals surface area contributed by atoms with Crippen molar-refractivity contribution in [2.24, 2.45) is 11.5 Å². The van der Waals surface area contributed by atoms with Crippen molar-refractivity contribution in [1.29, 1.82) is 0 Å². The molecule has 0 bridgehead atoms. The summed E-state index contributed by atoms with van der Waals surface area (Å²) >= 11 is 0. The number of hydrogen-bond donors (Lipinski definition) is 2. The fraction of sp³-hybridized carbons (Fsp3) is 0.176. The van der Waals surface area contributed by atoms with E-state index in [1.165, 1.54) is 13.8 Å². The van der Waals surface area contributed by atoms with Crippen LogP contribution in [-0.2, 0) is 5.66 Å². The molecule has 4 N–H and O–H groups in total. The van der Waals surface area contributed by atoms with E-state index >= 15 is 0 Å². The van der Waals surface area contributed by atoms with Gasteiger partial charge in [-0.15, -0.1) is 0 Å². The molecule has 0 aliphatic heterocycles. The fourth-order valence-corrected chi connectivity index (χ4v) is 2.44. The van der Waals surface area contributed by atoms with Gasteiger partial charge >= 0.3 is 0 Å². The summed E-state index contributed by atoms with van der Waals surface area (Å²) in [6.45, 7) is 2.83. The molecule has 0 unspecified atom stereocenters. The van der Waals surface area contributed by atoms with Crippen molar-refractivity contribution in [2.75, 3.05) is 0 Å². The lowest BCUT2D eigenvalue weighted by molar-refractivity contribution is 0.0979. The average Bonchev–Trinajstić information content (AvgIpc) is 2.47. The molecule has 21 heavy (non-hydrogen) atoms. The first-order valence-electron chi connectivity index (χ1n) is 6.64. The molecule has 0 spiro atoms. The van der Waals surface area contributed by atoms with Crippen LogP contribution in [-0.4, -0.2) is 11.6 Å². The van der Waals surface area contributed by atoms with Crippen molar-refractivity contribution in [1.82, 2.24) is 0 Å². The zero-order valence-electron chi connectivity index (χ0n) is 12.1. The van der Waals surface area contributed by atoms with Gasteiger partial charge in [-0.1, -0.05) is 48.5 Å². The van der Waals surface area contributed by atoms with Gasteiger partial charge in [-0.05, 0) is 19.4 Å². The first-order valence-corrected chi connectivity index (χ1v) is 6.64. The summed E-state index contributed by atoms with van der Waals surface area (Å²) in [7, 11) is 0. The predicted molar refractivity (Wildman–Crippen MR) is 82.0 cm³/mol. The third-order valence-corrected chi connectivity index (χ3v) is 3.49. The number of benzene rings is 2. The van der Waals surface area contributed by atoms with E-state index in [0.29, 0.717) is 22.3 Å². The highest BCUT2D eigenvalue weighted by Crippen LogP contribution is 2.27. The maximum absolute atomic E-state index is 12.0. The SMILES string of the molecule is CC(=O)c1cccc(C(N)(N)c2ccccc2)c1C(C)=O. The maximum atomic E-state index is 12.0. The first-order chi connectivity index (χ1) is 9.85. The van der Waals surface area contributed by atoms with E-state index in [2.05, 4.69) is 0 Å². The predicted octanol–water partition coefficient (Wildman–Crippen LogP) is 2.21. The summed E-state index contributed by atoms with van der Waals surface area (Å²) in [5, 5.41) is 0. The van der Waals surface area contributed by atoms with Gasteiger partial charge < -0.3 is 11.5 Å². The van der Waals surface area contributed by atoms with E-state index in [1.54, 1.807) is 30.3 Å². The molecule has 0 aliphatic rings. The second kappa shape index (κ2) is 5.60. The van der Waals surface area contributed by atoms with Crippen LogP contribution in [0.1, 0.15) is 45.7 Å². The van der Waals surface area contributed by atoms with Crippen molar-refractivity contribution in [3.8, 4) is 0 Å². The molecule has 108 valence electrons. The van der Waals surface area contributed by atoms with Gasteiger partial charge in [-0.25, -0.2) is 0 Å². The second-order valence-electron chi connectivity index (χ2n) is 5.08. The summed E-state index contributed by atoms with van der Waals surface area (Å²) in [6, 6.07) is 14.1. The van der Waals surface area contributed by atoms with Crippen molar-refractivity contribution in [2.45, 2.75) is 19.5 Å². The summed E-state index contributed by atoms with van der Waals surface area (Å²) in [5.41, 5.74) is 13.0. The third-order valence-electron chi connectivity index (χ3n) is 3.49. The van der Waals surface area contributed by atoms with E-state index < -0.39 is 5.66 Å². The highest BCUT2D eigenvalue weighted by molar-refractivity contribution is 6.08. The molecule has 0 saturated carbocycles. The number of ketones is 2. The molecule has 2 aromatic carbocycles. The molecular weight excluding hydrogens is 264 g/mol. The lowest BCUT2D eigenvalue weighted by Gasteiger charge is -2.28. The van der Waals surface area contributed by atoms with Gasteiger partial charge in [0.25, 0.3) is 0 Å². The lowest BCUT2D eigenvalue weighted by Crippen LogP contribution is -2.48. The Morgan fingerprint density at radius 1 is 0.857 bits per heavy atom. The number of rotatable bonds is 4. The van der Waals surface area contributed by atoms with E-state index in [0.717, 1.165) is 0 Å². The highest BCUT2D eigenvalue weighted by atomic mass is 16.1. The molecule has 0 saturated heterocycles. The Morgan fingerprint density at radius 2 is 1.48 bits per heavy atom. The molecule has 4 nitrogen and oxygen atoms in total. The van der Waals surface area contributed by atoms with Gasteiger partial charge in [-0.3, -0.25) is 9.59 Å². The van der Waals surface area contributed by atoms with Crippen molar-refractivity contribution in [3.63, 3.8) is 0 Å². The summed E-state index contributed by atoms with van der Waals surface area (Å²) in [4.78, 5) is 23.8. The molecule has 2 rings (SSSR count). The largest absolute Gasteiger partial charge is 0.306 e. The van der Waals surface area contributed by atoms with Gasteiger partial charge in [0, 0.05) is 16.7 Å². The minimum absolute atomic E-state index is 0.189.